The Kier molecular flexibility index (Phi) is 4.82. The molecule has 2 saturated heterocycles. The molecule has 3 heterocycles. The Bertz CT molecular complexity index is 953. The molecule has 2 atom stereocenters. The topological polar surface area (TPSA) is 86.0 Å². The van der Waals surface area contributed by atoms with Crippen LogP contribution in [0.2, 0.25) is 0 Å². The minimum absolute atomic E-state index is 0.0181. The fourth-order valence-corrected chi connectivity index (χ4v) is 5.25. The number of amides is 1. The molecular weight excluding hydrogens is 382 g/mol. The third-order valence-corrected chi connectivity index (χ3v) is 6.74. The van der Waals surface area contributed by atoms with Crippen molar-refractivity contribution in [2.45, 2.75) is 44.2 Å². The molecule has 2 fully saturated rings. The van der Waals surface area contributed by atoms with Crippen LogP contribution < -0.4 is 0 Å². The Balaban J connectivity index is 1.56. The number of benzene rings is 1. The minimum atomic E-state index is -0.603. The Morgan fingerprint density at radius 1 is 1.32 bits per heavy atom. The maximum absolute atomic E-state index is 12.7. The van der Waals surface area contributed by atoms with E-state index >= 15 is 0 Å². The van der Waals surface area contributed by atoms with Gasteiger partial charge in [0.05, 0.1) is 17.0 Å². The number of nitrogens with zero attached hydrogens (tertiary/aromatic N) is 1. The fraction of sp³-hybridized carbons (Fsp3) is 0.450. The summed E-state index contributed by atoms with van der Waals surface area (Å²) >= 11 is 1.61. The highest BCUT2D eigenvalue weighted by Gasteiger charge is 2.53. The van der Waals surface area contributed by atoms with Gasteiger partial charge in [0.15, 0.2) is 0 Å². The molecule has 8 heteroatoms. The van der Waals surface area contributed by atoms with E-state index in [4.69, 9.17) is 13.9 Å². The second-order valence-electron chi connectivity index (χ2n) is 7.00. The first kappa shape index (κ1) is 18.9. The lowest BCUT2D eigenvalue weighted by Crippen LogP contribution is -2.46. The molecule has 1 aromatic heterocycles. The van der Waals surface area contributed by atoms with Gasteiger partial charge in [-0.25, -0.2) is 9.59 Å². The van der Waals surface area contributed by atoms with E-state index in [1.165, 1.54) is 0 Å². The number of hydrogen-bond acceptors (Lipinski definition) is 7. The maximum Gasteiger partial charge on any atom is 0.374 e. The van der Waals surface area contributed by atoms with Crippen LogP contribution in [0, 0.1) is 0 Å². The minimum Gasteiger partial charge on any atom is -0.460 e. The van der Waals surface area contributed by atoms with Gasteiger partial charge in [-0.1, -0.05) is 18.2 Å². The lowest BCUT2D eigenvalue weighted by atomic mass is 10.1. The molecule has 0 aliphatic carbocycles. The van der Waals surface area contributed by atoms with E-state index in [1.807, 2.05) is 13.0 Å². The van der Waals surface area contributed by atoms with Gasteiger partial charge in [-0.2, -0.15) is 0 Å². The smallest absolute Gasteiger partial charge is 0.374 e. The lowest BCUT2D eigenvalue weighted by molar-refractivity contribution is -0.154. The molecule has 28 heavy (non-hydrogen) atoms. The average Bonchev–Trinajstić information content (AvgIpc) is 3.31. The number of rotatable bonds is 5. The highest BCUT2D eigenvalue weighted by Crippen LogP contribution is 2.47. The van der Waals surface area contributed by atoms with E-state index in [0.717, 1.165) is 6.42 Å². The first-order chi connectivity index (χ1) is 13.4. The quantitative estimate of drug-likeness (QED) is 0.709. The molecule has 2 aliphatic heterocycles. The Labute approximate surface area is 166 Å². The predicted octanol–water partition coefficient (Wildman–Crippen LogP) is 3.11. The van der Waals surface area contributed by atoms with Gasteiger partial charge in [0, 0.05) is 17.6 Å². The van der Waals surface area contributed by atoms with Crippen LogP contribution in [0.5, 0.6) is 0 Å². The lowest BCUT2D eigenvalue weighted by Gasteiger charge is -2.29. The van der Waals surface area contributed by atoms with Gasteiger partial charge >= 0.3 is 11.9 Å². The van der Waals surface area contributed by atoms with Crippen molar-refractivity contribution in [2.24, 2.45) is 0 Å². The molecule has 0 radical (unpaired) electrons. The molecule has 2 aliphatic rings. The van der Waals surface area contributed by atoms with Gasteiger partial charge in [-0.3, -0.25) is 4.79 Å². The van der Waals surface area contributed by atoms with Crippen molar-refractivity contribution in [3.8, 4) is 0 Å². The largest absolute Gasteiger partial charge is 0.460 e. The Morgan fingerprint density at radius 3 is 2.89 bits per heavy atom. The van der Waals surface area contributed by atoms with Crippen LogP contribution in [0.25, 0.3) is 11.0 Å². The van der Waals surface area contributed by atoms with Crippen molar-refractivity contribution >= 4 is 40.6 Å². The van der Waals surface area contributed by atoms with Crippen LogP contribution in [0.3, 0.4) is 0 Å². The summed E-state index contributed by atoms with van der Waals surface area (Å²) in [5.74, 6) is -0.526. The third kappa shape index (κ3) is 3.05. The van der Waals surface area contributed by atoms with E-state index in [9.17, 15) is 14.4 Å². The molecular formula is C20H21NO6S. The number of ether oxygens (including phenoxy) is 2. The summed E-state index contributed by atoms with van der Waals surface area (Å²) in [7, 11) is 0. The number of carbonyl (C=O) groups excluding carboxylic acids is 3. The molecule has 7 nitrogen and oxygen atoms in total. The first-order valence-electron chi connectivity index (χ1n) is 9.25. The van der Waals surface area contributed by atoms with E-state index in [-0.39, 0.29) is 29.8 Å². The molecule has 0 saturated carbocycles. The molecule has 0 unspecified atom stereocenters. The number of furan rings is 1. The van der Waals surface area contributed by atoms with Crippen molar-refractivity contribution in [2.75, 3.05) is 12.4 Å². The molecule has 148 valence electrons. The molecule has 1 amide bonds. The molecule has 0 N–H and O–H groups in total. The van der Waals surface area contributed by atoms with Crippen LogP contribution in [-0.4, -0.2) is 46.0 Å². The first-order valence-corrected chi connectivity index (χ1v) is 10.2. The van der Waals surface area contributed by atoms with Crippen molar-refractivity contribution < 1.29 is 28.3 Å². The standard InChI is InChI=1S/C20H21NO6S/c1-3-25-19(24)17-13(12-6-4-5-7-15(12)27-17)10-26-18(23)14-11-28-20(2)9-8-16(22)21(14)20/h4-7,14H,3,8-11H2,1-2H3/t14-,20+/m1/s1. The van der Waals surface area contributed by atoms with Crippen LogP contribution >= 0.6 is 11.8 Å². The number of thioether (sulfide) groups is 1. The number of esters is 2. The second kappa shape index (κ2) is 7.16. The fourth-order valence-electron chi connectivity index (χ4n) is 3.84. The Morgan fingerprint density at radius 2 is 2.11 bits per heavy atom. The summed E-state index contributed by atoms with van der Waals surface area (Å²) in [6.07, 6.45) is 1.19. The molecule has 0 bridgehead atoms. The van der Waals surface area contributed by atoms with E-state index in [1.54, 1.807) is 41.8 Å². The van der Waals surface area contributed by atoms with Gasteiger partial charge < -0.3 is 18.8 Å². The van der Waals surface area contributed by atoms with Crippen LogP contribution in [-0.2, 0) is 25.7 Å². The van der Waals surface area contributed by atoms with Gasteiger partial charge in [0.25, 0.3) is 0 Å². The average molecular weight is 403 g/mol. The van der Waals surface area contributed by atoms with E-state index in [0.29, 0.717) is 28.7 Å². The summed E-state index contributed by atoms with van der Waals surface area (Å²) in [5.41, 5.74) is 0.999. The highest BCUT2D eigenvalue weighted by molar-refractivity contribution is 8.01. The van der Waals surface area contributed by atoms with Crippen molar-refractivity contribution in [1.29, 1.82) is 0 Å². The number of hydrogen-bond donors (Lipinski definition) is 0. The monoisotopic (exact) mass is 403 g/mol. The molecule has 0 spiro atoms. The van der Waals surface area contributed by atoms with Crippen LogP contribution in [0.4, 0.5) is 0 Å². The SMILES string of the molecule is CCOC(=O)c1oc2ccccc2c1COC(=O)[C@H]1CS[C@@]2(C)CCC(=O)N12. The van der Waals surface area contributed by atoms with Gasteiger partial charge in [-0.05, 0) is 26.3 Å². The highest BCUT2D eigenvalue weighted by atomic mass is 32.2. The molecule has 2 aromatic rings. The number of para-hydroxylation sites is 1. The van der Waals surface area contributed by atoms with Gasteiger partial charge in [0.2, 0.25) is 11.7 Å². The molecule has 4 rings (SSSR count). The Hall–Kier alpha value is -2.48. The zero-order valence-electron chi connectivity index (χ0n) is 15.7. The summed E-state index contributed by atoms with van der Waals surface area (Å²) in [6.45, 7) is 3.79. The van der Waals surface area contributed by atoms with Crippen molar-refractivity contribution in [3.05, 3.63) is 35.6 Å². The predicted molar refractivity (Wildman–Crippen MR) is 103 cm³/mol. The summed E-state index contributed by atoms with van der Waals surface area (Å²) in [4.78, 5) is 38.5. The summed E-state index contributed by atoms with van der Waals surface area (Å²) in [6, 6.07) is 6.56. The van der Waals surface area contributed by atoms with Crippen LogP contribution in [0.15, 0.2) is 28.7 Å². The third-order valence-electron chi connectivity index (χ3n) is 5.23. The zero-order chi connectivity index (χ0) is 19.9. The van der Waals surface area contributed by atoms with E-state index < -0.39 is 18.0 Å². The van der Waals surface area contributed by atoms with Crippen LogP contribution in [0.1, 0.15) is 42.8 Å². The maximum atomic E-state index is 12.7. The zero-order valence-corrected chi connectivity index (χ0v) is 16.5. The summed E-state index contributed by atoms with van der Waals surface area (Å²) in [5, 5.41) is 0.696. The normalized spacial score (nSPS) is 23.9. The van der Waals surface area contributed by atoms with Gasteiger partial charge in [-0.15, -0.1) is 11.8 Å². The van der Waals surface area contributed by atoms with Gasteiger partial charge in [0.1, 0.15) is 18.2 Å². The molecule has 1 aromatic carbocycles. The number of carbonyl (C=O) groups is 3. The number of fused-ring (bicyclic) bond motifs is 2. The van der Waals surface area contributed by atoms with Crippen molar-refractivity contribution in [3.63, 3.8) is 0 Å². The van der Waals surface area contributed by atoms with E-state index in [2.05, 4.69) is 0 Å². The van der Waals surface area contributed by atoms with Crippen molar-refractivity contribution in [1.82, 2.24) is 4.90 Å². The second-order valence-corrected chi connectivity index (χ2v) is 8.50. The summed E-state index contributed by atoms with van der Waals surface area (Å²) < 4.78 is 16.2.